The lowest BCUT2D eigenvalue weighted by atomic mass is 9.70. The molecule has 1 aromatic rings. The number of halogens is 1. The average molecular weight is 359 g/mol. The van der Waals surface area contributed by atoms with Crippen LogP contribution in [-0.4, -0.2) is 17.0 Å². The number of phenols is 1. The van der Waals surface area contributed by atoms with Crippen LogP contribution in [0, 0.1) is 5.41 Å². The monoisotopic (exact) mass is 358 g/mol. The van der Waals surface area contributed by atoms with Crippen LogP contribution in [0.5, 0.6) is 5.75 Å². The maximum absolute atomic E-state index is 9.86. The zero-order valence-electron chi connectivity index (χ0n) is 13.7. The number of alkyl halides is 1. The highest BCUT2D eigenvalue weighted by Crippen LogP contribution is 2.40. The van der Waals surface area contributed by atoms with E-state index < -0.39 is 0 Å². The molecule has 1 aromatic carbocycles. The summed E-state index contributed by atoms with van der Waals surface area (Å²) in [5, 5.41) is 20.0. The molecule has 120 valence electrons. The molecule has 3 nitrogen and oxygen atoms in total. The summed E-state index contributed by atoms with van der Waals surface area (Å²) in [5.41, 5.74) is 3.07. The van der Waals surface area contributed by atoms with Gasteiger partial charge >= 0.3 is 0 Å². The Bertz CT molecular complexity index is 462. The predicted octanol–water partition coefficient (Wildman–Crippen LogP) is 4.31. The van der Waals surface area contributed by atoms with Gasteiger partial charge in [0.15, 0.2) is 0 Å². The van der Waals surface area contributed by atoms with Crippen molar-refractivity contribution < 1.29 is 15.0 Å². The first-order valence-corrected chi connectivity index (χ1v) is 8.04. The summed E-state index contributed by atoms with van der Waals surface area (Å²) in [6, 6.07) is 3.67. The highest BCUT2D eigenvalue weighted by atomic mass is 79.9. The lowest BCUT2D eigenvalue weighted by Gasteiger charge is -2.35. The van der Waals surface area contributed by atoms with Gasteiger partial charge in [0.05, 0.1) is 6.61 Å². The highest BCUT2D eigenvalue weighted by molar-refractivity contribution is 9.08. The topological polar surface area (TPSA) is 57.5 Å². The maximum Gasteiger partial charge on any atom is 0.121 e. The third-order valence-corrected chi connectivity index (χ3v) is 3.96. The van der Waals surface area contributed by atoms with Gasteiger partial charge in [0.2, 0.25) is 0 Å². The second-order valence-corrected chi connectivity index (χ2v) is 7.56. The summed E-state index contributed by atoms with van der Waals surface area (Å²) in [5.74, 6) is 0.173. The molecule has 0 amide bonds. The highest BCUT2D eigenvalue weighted by Gasteiger charge is 2.30. The number of hydrogen-bond donors (Lipinski definition) is 2. The molecule has 0 fully saturated rings. The number of aliphatic hydroxyl groups is 1. The van der Waals surface area contributed by atoms with Crippen LogP contribution in [0.2, 0.25) is 0 Å². The molecular weight excluding hydrogens is 332 g/mol. The molecule has 0 atom stereocenters. The first kappa shape index (κ1) is 20.1. The molecule has 0 bridgehead atoms. The van der Waals surface area contributed by atoms with Gasteiger partial charge in [0, 0.05) is 10.9 Å². The van der Waals surface area contributed by atoms with E-state index in [1.165, 1.54) is 5.56 Å². The fourth-order valence-electron chi connectivity index (χ4n) is 3.06. The van der Waals surface area contributed by atoms with E-state index in [9.17, 15) is 10.2 Å². The Morgan fingerprint density at radius 1 is 1.10 bits per heavy atom. The Kier molecular flexibility index (Phi) is 7.62. The number of hydrogen-bond acceptors (Lipinski definition) is 3. The Labute approximate surface area is 136 Å². The minimum absolute atomic E-state index is 0.00102. The molecule has 1 rings (SSSR count). The summed E-state index contributed by atoms with van der Waals surface area (Å²) >= 11 is 3.48. The summed E-state index contributed by atoms with van der Waals surface area (Å²) in [6.07, 6.45) is 1.04. The van der Waals surface area contributed by atoms with Crippen LogP contribution in [0.25, 0.3) is 0 Å². The summed E-state index contributed by atoms with van der Waals surface area (Å²) in [7, 11) is 0. The zero-order valence-corrected chi connectivity index (χ0v) is 15.2. The van der Waals surface area contributed by atoms with E-state index in [0.717, 1.165) is 12.0 Å². The molecule has 21 heavy (non-hydrogen) atoms. The minimum Gasteiger partial charge on any atom is -0.508 e. The molecule has 2 N–H and O–H groups in total. The van der Waals surface area contributed by atoms with Crippen molar-refractivity contribution in [1.29, 1.82) is 0 Å². The molecule has 4 heteroatoms. The van der Waals surface area contributed by atoms with Crippen LogP contribution in [-0.2, 0) is 22.1 Å². The van der Waals surface area contributed by atoms with E-state index in [2.05, 4.69) is 50.5 Å². The van der Waals surface area contributed by atoms with E-state index in [-0.39, 0.29) is 23.2 Å². The third kappa shape index (κ3) is 5.44. The third-order valence-electron chi connectivity index (χ3n) is 3.40. The Hall–Kier alpha value is -0.870. The Morgan fingerprint density at radius 2 is 1.62 bits per heavy atom. The second kappa shape index (κ2) is 7.95. The molecule has 0 saturated carbocycles. The van der Waals surface area contributed by atoms with E-state index >= 15 is 0 Å². The van der Waals surface area contributed by atoms with Gasteiger partial charge in [0.25, 0.3) is 0 Å². The first-order valence-electron chi connectivity index (χ1n) is 6.92. The average Bonchev–Trinajstić information content (AvgIpc) is 2.37. The van der Waals surface area contributed by atoms with Gasteiger partial charge in [-0.15, -0.1) is 0 Å². The number of aromatic hydroxyl groups is 1. The molecule has 0 aliphatic heterocycles. The largest absolute Gasteiger partial charge is 0.508 e. The lowest BCUT2D eigenvalue weighted by Crippen LogP contribution is -2.26. The van der Waals surface area contributed by atoms with E-state index in [1.807, 2.05) is 12.9 Å². The molecule has 0 aliphatic carbocycles. The van der Waals surface area contributed by atoms with Crippen molar-refractivity contribution in [2.45, 2.75) is 58.4 Å². The number of benzene rings is 1. The van der Waals surface area contributed by atoms with E-state index in [4.69, 9.17) is 4.79 Å². The Balaban J connectivity index is 0.00000191. The van der Waals surface area contributed by atoms with Gasteiger partial charge in [-0.05, 0) is 34.4 Å². The van der Waals surface area contributed by atoms with Crippen molar-refractivity contribution in [2.24, 2.45) is 5.41 Å². The molecule has 0 unspecified atom stereocenters. The molecule has 0 radical (unpaired) electrons. The zero-order chi connectivity index (χ0) is 16.8. The molecule has 0 aliphatic rings. The van der Waals surface area contributed by atoms with Crippen LogP contribution in [0.15, 0.2) is 12.1 Å². The number of rotatable bonds is 4. The van der Waals surface area contributed by atoms with Crippen LogP contribution in [0.3, 0.4) is 0 Å². The normalized spacial score (nSPS) is 11.8. The van der Waals surface area contributed by atoms with Crippen molar-refractivity contribution in [3.63, 3.8) is 0 Å². The van der Waals surface area contributed by atoms with Gasteiger partial charge in [-0.25, -0.2) is 0 Å². The molecular formula is C17H27BrO3. The number of aliphatic hydroxyl groups excluding tert-OH is 1. The maximum atomic E-state index is 9.86. The predicted molar refractivity (Wildman–Crippen MR) is 90.9 cm³/mol. The van der Waals surface area contributed by atoms with Crippen LogP contribution < -0.4 is 0 Å². The van der Waals surface area contributed by atoms with Gasteiger partial charge in [0.1, 0.15) is 12.5 Å². The summed E-state index contributed by atoms with van der Waals surface area (Å²) < 4.78 is 0. The SMILES string of the molecule is C=O.CC(C)(C)CC(C)(C)c1ccc(O)c(CO)c1CBr. The van der Waals surface area contributed by atoms with Gasteiger partial charge in [-0.3, -0.25) is 0 Å². The van der Waals surface area contributed by atoms with Crippen LogP contribution >= 0.6 is 15.9 Å². The molecule has 0 saturated heterocycles. The first-order chi connectivity index (χ1) is 9.62. The quantitative estimate of drug-likeness (QED) is 0.788. The van der Waals surface area contributed by atoms with Gasteiger partial charge in [-0.1, -0.05) is 56.6 Å². The molecule has 0 spiro atoms. The molecule has 0 aromatic heterocycles. The fraction of sp³-hybridized carbons (Fsp3) is 0.588. The standard InChI is InChI=1S/C16H25BrO2.CH2O/c1-15(2,3)10-16(4,5)13-6-7-14(19)12(9-18)11(13)8-17;1-2/h6-7,18-19H,8-10H2,1-5H3;1H2. The van der Waals surface area contributed by atoms with Crippen molar-refractivity contribution >= 4 is 22.7 Å². The van der Waals surface area contributed by atoms with Crippen LogP contribution in [0.4, 0.5) is 0 Å². The van der Waals surface area contributed by atoms with E-state index in [1.54, 1.807) is 6.07 Å². The van der Waals surface area contributed by atoms with Crippen molar-refractivity contribution in [3.8, 4) is 5.75 Å². The lowest BCUT2D eigenvalue weighted by molar-refractivity contribution is -0.0979. The number of carbonyl (C=O) groups excluding carboxylic acids is 1. The summed E-state index contributed by atoms with van der Waals surface area (Å²) in [4.78, 5) is 8.00. The smallest absolute Gasteiger partial charge is 0.121 e. The number of carbonyl (C=O) groups is 1. The second-order valence-electron chi connectivity index (χ2n) is 7.00. The van der Waals surface area contributed by atoms with Crippen molar-refractivity contribution in [3.05, 3.63) is 28.8 Å². The summed E-state index contributed by atoms with van der Waals surface area (Å²) in [6.45, 7) is 13.0. The van der Waals surface area contributed by atoms with Crippen molar-refractivity contribution in [2.75, 3.05) is 0 Å². The van der Waals surface area contributed by atoms with Crippen LogP contribution in [0.1, 0.15) is 57.7 Å². The molecule has 0 heterocycles. The van der Waals surface area contributed by atoms with Gasteiger partial charge < -0.3 is 15.0 Å². The van der Waals surface area contributed by atoms with E-state index in [0.29, 0.717) is 10.9 Å². The Morgan fingerprint density at radius 3 is 2.00 bits per heavy atom. The minimum atomic E-state index is -0.133. The van der Waals surface area contributed by atoms with Gasteiger partial charge in [-0.2, -0.15) is 0 Å². The fourth-order valence-corrected chi connectivity index (χ4v) is 3.71. The van der Waals surface area contributed by atoms with Crippen molar-refractivity contribution in [1.82, 2.24) is 0 Å².